The van der Waals surface area contributed by atoms with Gasteiger partial charge in [-0.2, -0.15) is 0 Å². The van der Waals surface area contributed by atoms with Crippen molar-refractivity contribution in [1.29, 1.82) is 0 Å². The maximum atomic E-state index is 11.0. The van der Waals surface area contributed by atoms with Crippen molar-refractivity contribution >= 4 is 11.4 Å². The highest BCUT2D eigenvalue weighted by Crippen LogP contribution is 2.75. The van der Waals surface area contributed by atoms with Crippen LogP contribution in [0, 0.1) is 45.3 Å². The molecule has 4 saturated carbocycles. The number of hydrogen-bond acceptors (Lipinski definition) is 10. The van der Waals surface area contributed by atoms with E-state index in [9.17, 15) is 30.8 Å². The Bertz CT molecular complexity index is 1230. The fraction of sp³-hybridized carbons (Fsp3) is 0.889. The van der Waals surface area contributed by atoms with Gasteiger partial charge in [-0.1, -0.05) is 56.6 Å². The molecule has 1 aliphatic heterocycles. The molecule has 0 amide bonds. The van der Waals surface area contributed by atoms with Crippen LogP contribution in [0.3, 0.4) is 0 Å². The molecule has 5 fully saturated rings. The lowest BCUT2D eigenvalue weighted by Gasteiger charge is -2.69. The molecule has 0 aromatic heterocycles. The van der Waals surface area contributed by atoms with Crippen molar-refractivity contribution in [3.8, 4) is 0 Å². The molecule has 13 atom stereocenters. The van der Waals surface area contributed by atoms with E-state index in [2.05, 4.69) is 64.9 Å². The van der Waals surface area contributed by atoms with Gasteiger partial charge in [-0.05, 0) is 113 Å². The Kier molecular flexibility index (Phi) is 9.63. The highest BCUT2D eigenvalue weighted by molar-refractivity contribution is 5.91. The Balaban J connectivity index is 1.53. The second-order valence-corrected chi connectivity index (χ2v) is 17.1. The molecule has 5 aliphatic rings. The predicted molar refractivity (Wildman–Crippen MR) is 175 cm³/mol. The van der Waals surface area contributed by atoms with Crippen molar-refractivity contribution in [3.63, 3.8) is 0 Å². The first-order chi connectivity index (χ1) is 21.4. The number of fused-ring (bicyclic) bond motifs is 5. The Morgan fingerprint density at radius 2 is 1.61 bits per heavy atom. The maximum absolute atomic E-state index is 11.0. The Morgan fingerprint density at radius 1 is 0.935 bits per heavy atom. The summed E-state index contributed by atoms with van der Waals surface area (Å²) in [6.07, 6.45) is 2.91. The molecule has 1 saturated heterocycles. The number of oxime groups is 2. The second-order valence-electron chi connectivity index (χ2n) is 17.1. The fourth-order valence-corrected chi connectivity index (χ4v) is 11.7. The van der Waals surface area contributed by atoms with E-state index in [1.165, 1.54) is 5.57 Å². The lowest BCUT2D eigenvalue weighted by Crippen LogP contribution is -2.66. The monoisotopic (exact) mass is 648 g/mol. The number of nitrogens with zero attached hydrogens (tertiary/aromatic N) is 2. The average molecular weight is 649 g/mol. The molecule has 4 aliphatic carbocycles. The van der Waals surface area contributed by atoms with Gasteiger partial charge in [0.05, 0.1) is 23.6 Å². The minimum absolute atomic E-state index is 0.0216. The molecule has 10 heteroatoms. The number of hydrogen-bond donors (Lipinski definition) is 6. The third-order valence-corrected chi connectivity index (χ3v) is 14.4. The Morgan fingerprint density at radius 3 is 2.22 bits per heavy atom. The van der Waals surface area contributed by atoms with E-state index >= 15 is 0 Å². The number of ether oxygens (including phenoxy) is 2. The van der Waals surface area contributed by atoms with Crippen LogP contribution in [0.1, 0.15) is 113 Å². The summed E-state index contributed by atoms with van der Waals surface area (Å²) in [6.45, 7) is 17.4. The summed E-state index contributed by atoms with van der Waals surface area (Å²) < 4.78 is 12.7. The van der Waals surface area contributed by atoms with Gasteiger partial charge in [0.1, 0.15) is 24.4 Å². The molecule has 0 aromatic rings. The highest BCUT2D eigenvalue weighted by atomic mass is 16.7. The lowest BCUT2D eigenvalue weighted by molar-refractivity contribution is -0.333. The summed E-state index contributed by atoms with van der Waals surface area (Å²) in [6, 6.07) is 0. The van der Waals surface area contributed by atoms with Crippen molar-refractivity contribution in [2.45, 2.75) is 149 Å². The standard InChI is InChI=1S/C36H60N2O8/c1-20(2)10-9-14-36(8,46-31-30(42)29(41)28(40)23(19-39)45-31)21-11-16-35(7)27(21)22(37-43)18-25-33(5)15-13-26(38-44)32(3,4)24(33)12-17-34(25,35)6/h10,21,23-25,27-31,39-44H,9,11-19H2,1-8H3/b37-22-,38-26+/t21?,23?,24?,25?,27?,28-,29?,30?,31+,33+,34-,35-,36+/m1/s1. The molecule has 1 heterocycles. The zero-order valence-electron chi connectivity index (χ0n) is 29.2. The summed E-state index contributed by atoms with van der Waals surface area (Å²) in [5.41, 5.74) is 1.55. The van der Waals surface area contributed by atoms with Crippen LogP contribution in [0.4, 0.5) is 0 Å². The maximum Gasteiger partial charge on any atom is 0.187 e. The topological polar surface area (TPSA) is 165 Å². The fourth-order valence-electron chi connectivity index (χ4n) is 11.7. The summed E-state index contributed by atoms with van der Waals surface area (Å²) in [4.78, 5) is 0. The van der Waals surface area contributed by atoms with E-state index in [1.54, 1.807) is 0 Å². The third-order valence-electron chi connectivity index (χ3n) is 14.4. The Hall–Kier alpha value is -1.56. The molecule has 0 aromatic carbocycles. The lowest BCUT2D eigenvalue weighted by atomic mass is 9.35. The van der Waals surface area contributed by atoms with Crippen molar-refractivity contribution < 1.29 is 40.3 Å². The second kappa shape index (κ2) is 12.4. The quantitative estimate of drug-likeness (QED) is 0.124. The van der Waals surface area contributed by atoms with E-state index in [4.69, 9.17) is 9.47 Å². The molecule has 46 heavy (non-hydrogen) atoms. The zero-order valence-corrected chi connectivity index (χ0v) is 29.2. The zero-order chi connectivity index (χ0) is 34.0. The van der Waals surface area contributed by atoms with Crippen molar-refractivity contribution in [2.75, 3.05) is 6.61 Å². The van der Waals surface area contributed by atoms with Crippen LogP contribution in [0.25, 0.3) is 0 Å². The van der Waals surface area contributed by atoms with Gasteiger partial charge in [0, 0.05) is 11.3 Å². The van der Waals surface area contributed by atoms with Crippen molar-refractivity contribution in [2.24, 2.45) is 55.6 Å². The van der Waals surface area contributed by atoms with Crippen LogP contribution in [-0.4, -0.2) is 85.2 Å². The van der Waals surface area contributed by atoms with Gasteiger partial charge in [0.25, 0.3) is 0 Å². The third kappa shape index (κ3) is 5.28. The highest BCUT2D eigenvalue weighted by Gasteiger charge is 2.71. The van der Waals surface area contributed by atoms with Crippen LogP contribution in [-0.2, 0) is 9.47 Å². The van der Waals surface area contributed by atoms with Crippen LogP contribution >= 0.6 is 0 Å². The molecule has 5 rings (SSSR count). The van der Waals surface area contributed by atoms with E-state index in [-0.39, 0.29) is 39.4 Å². The summed E-state index contributed by atoms with van der Waals surface area (Å²) in [5, 5.41) is 70.3. The minimum atomic E-state index is -1.53. The first-order valence-electron chi connectivity index (χ1n) is 17.5. The average Bonchev–Trinajstić information content (AvgIpc) is 3.37. The summed E-state index contributed by atoms with van der Waals surface area (Å²) in [5.74, 6) is 0.485. The van der Waals surface area contributed by atoms with E-state index in [0.717, 1.165) is 56.4 Å². The molecule has 10 nitrogen and oxygen atoms in total. The first-order valence-corrected chi connectivity index (χ1v) is 17.5. The van der Waals surface area contributed by atoms with Crippen molar-refractivity contribution in [1.82, 2.24) is 0 Å². The van der Waals surface area contributed by atoms with Gasteiger partial charge in [-0.3, -0.25) is 0 Å². The van der Waals surface area contributed by atoms with Crippen LogP contribution in [0.2, 0.25) is 0 Å². The normalized spacial score (nSPS) is 48.3. The smallest absolute Gasteiger partial charge is 0.187 e. The summed E-state index contributed by atoms with van der Waals surface area (Å²) in [7, 11) is 0. The van der Waals surface area contributed by atoms with Crippen LogP contribution < -0.4 is 0 Å². The minimum Gasteiger partial charge on any atom is -0.411 e. The SMILES string of the molecule is CC(C)=CCC[C@](C)(O[C@@H]1OC(CO)[C@@H](O)C(O)C1O)C1CC[C@]2(C)C1/C(=N\O)CC1[C@@]3(C)CC/C(=N\O)C(C)(C)C3CC[C@]12C. The number of aliphatic hydroxyl groups excluding tert-OH is 4. The van der Waals surface area contributed by atoms with E-state index in [0.29, 0.717) is 18.8 Å². The van der Waals surface area contributed by atoms with Crippen LogP contribution in [0.5, 0.6) is 0 Å². The predicted octanol–water partition coefficient (Wildman–Crippen LogP) is 5.26. The van der Waals surface area contributed by atoms with Gasteiger partial charge in [0.15, 0.2) is 6.29 Å². The van der Waals surface area contributed by atoms with E-state index in [1.807, 2.05) is 6.92 Å². The first kappa shape index (κ1) is 35.7. The molecular weight excluding hydrogens is 588 g/mol. The van der Waals surface area contributed by atoms with Gasteiger partial charge >= 0.3 is 0 Å². The molecule has 0 radical (unpaired) electrons. The summed E-state index contributed by atoms with van der Waals surface area (Å²) >= 11 is 0. The molecule has 7 unspecified atom stereocenters. The molecular formula is C36H60N2O8. The van der Waals surface area contributed by atoms with Gasteiger partial charge < -0.3 is 40.3 Å². The van der Waals surface area contributed by atoms with Gasteiger partial charge in [0.2, 0.25) is 0 Å². The number of allylic oxidation sites excluding steroid dienone is 2. The number of rotatable bonds is 7. The number of aliphatic hydroxyl groups is 4. The Labute approximate surface area is 274 Å². The van der Waals surface area contributed by atoms with Gasteiger partial charge in [-0.25, -0.2) is 0 Å². The molecule has 0 spiro atoms. The van der Waals surface area contributed by atoms with Gasteiger partial charge in [-0.15, -0.1) is 0 Å². The van der Waals surface area contributed by atoms with Crippen LogP contribution in [0.15, 0.2) is 22.0 Å². The molecule has 262 valence electrons. The van der Waals surface area contributed by atoms with E-state index < -0.39 is 42.9 Å². The molecule has 6 N–H and O–H groups in total. The van der Waals surface area contributed by atoms with Crippen molar-refractivity contribution in [3.05, 3.63) is 11.6 Å². The largest absolute Gasteiger partial charge is 0.411 e. The molecule has 0 bridgehead atoms.